The van der Waals surface area contributed by atoms with Crippen LogP contribution in [0.3, 0.4) is 0 Å². The molecular weight excluding hydrogens is 453 g/mol. The van der Waals surface area contributed by atoms with Gasteiger partial charge in [0.05, 0.1) is 11.4 Å². The summed E-state index contributed by atoms with van der Waals surface area (Å²) in [5.74, 6) is 1.26. The number of hydrogen-bond donors (Lipinski definition) is 3. The minimum atomic E-state index is 0. The summed E-state index contributed by atoms with van der Waals surface area (Å²) in [4.78, 5) is 4.60. The van der Waals surface area contributed by atoms with E-state index >= 15 is 0 Å². The highest BCUT2D eigenvalue weighted by molar-refractivity contribution is 14.0. The summed E-state index contributed by atoms with van der Waals surface area (Å²) in [5.41, 5.74) is 8.17. The van der Waals surface area contributed by atoms with Crippen molar-refractivity contribution in [3.8, 4) is 11.8 Å². The lowest BCUT2D eigenvalue weighted by molar-refractivity contribution is 0.758. The molecule has 1 aliphatic rings. The highest BCUT2D eigenvalue weighted by atomic mass is 127. The van der Waals surface area contributed by atoms with E-state index in [-0.39, 0.29) is 24.0 Å². The highest BCUT2D eigenvalue weighted by Gasteiger charge is 2.22. The number of nitrogens with zero attached hydrogens (tertiary/aromatic N) is 4. The maximum atomic E-state index is 9.45. The third-order valence-corrected chi connectivity index (χ3v) is 4.21. The molecule has 0 aliphatic heterocycles. The molecule has 0 saturated heterocycles. The van der Waals surface area contributed by atoms with Gasteiger partial charge in [-0.3, -0.25) is 4.99 Å². The summed E-state index contributed by atoms with van der Waals surface area (Å²) in [6, 6.07) is 12.4. The van der Waals surface area contributed by atoms with Crippen LogP contribution in [0.5, 0.6) is 0 Å². The van der Waals surface area contributed by atoms with Crippen LogP contribution in [0.1, 0.15) is 37.4 Å². The van der Waals surface area contributed by atoms with E-state index in [0.29, 0.717) is 30.4 Å². The molecule has 27 heavy (non-hydrogen) atoms. The largest absolute Gasteiger partial charge is 0.382 e. The molecule has 1 heterocycles. The molecule has 2 aromatic rings. The van der Waals surface area contributed by atoms with Crippen LogP contribution < -0.4 is 16.4 Å². The van der Waals surface area contributed by atoms with Crippen molar-refractivity contribution in [3.05, 3.63) is 41.6 Å². The molecule has 0 bridgehead atoms. The molecule has 0 spiro atoms. The van der Waals surface area contributed by atoms with Crippen LogP contribution in [-0.4, -0.2) is 34.9 Å². The average molecular weight is 479 g/mol. The zero-order chi connectivity index (χ0) is 18.4. The first-order valence-electron chi connectivity index (χ1n) is 9.10. The number of nitrogen functional groups attached to an aromatic ring is 1. The van der Waals surface area contributed by atoms with E-state index in [1.165, 1.54) is 12.8 Å². The van der Waals surface area contributed by atoms with E-state index in [1.54, 1.807) is 4.68 Å². The van der Waals surface area contributed by atoms with E-state index in [0.717, 1.165) is 30.3 Å². The van der Waals surface area contributed by atoms with E-state index in [2.05, 4.69) is 33.7 Å². The predicted molar refractivity (Wildman–Crippen MR) is 119 cm³/mol. The molecule has 3 rings (SSSR count). The van der Waals surface area contributed by atoms with Gasteiger partial charge in [0, 0.05) is 19.1 Å². The van der Waals surface area contributed by atoms with Crippen molar-refractivity contribution in [3.63, 3.8) is 0 Å². The Hall–Kier alpha value is -2.28. The highest BCUT2D eigenvalue weighted by Crippen LogP contribution is 2.21. The van der Waals surface area contributed by atoms with Crippen molar-refractivity contribution in [2.24, 2.45) is 4.99 Å². The van der Waals surface area contributed by atoms with E-state index in [4.69, 9.17) is 5.73 Å². The minimum absolute atomic E-state index is 0. The summed E-state index contributed by atoms with van der Waals surface area (Å²) in [6.45, 7) is 3.57. The molecule has 1 saturated carbocycles. The van der Waals surface area contributed by atoms with E-state index in [9.17, 15) is 5.26 Å². The van der Waals surface area contributed by atoms with Crippen LogP contribution >= 0.6 is 24.0 Å². The van der Waals surface area contributed by atoms with Crippen LogP contribution in [0.25, 0.3) is 5.69 Å². The predicted octanol–water partition coefficient (Wildman–Crippen LogP) is 2.59. The van der Waals surface area contributed by atoms with Gasteiger partial charge in [0.15, 0.2) is 5.96 Å². The molecule has 8 heteroatoms. The Balaban J connectivity index is 0.00000261. The van der Waals surface area contributed by atoms with Crippen LogP contribution in [-0.2, 0) is 6.42 Å². The third-order valence-electron chi connectivity index (χ3n) is 4.21. The van der Waals surface area contributed by atoms with Crippen molar-refractivity contribution in [1.82, 2.24) is 20.4 Å². The minimum Gasteiger partial charge on any atom is -0.382 e. The zero-order valence-corrected chi connectivity index (χ0v) is 17.8. The van der Waals surface area contributed by atoms with Gasteiger partial charge in [-0.15, -0.1) is 24.0 Å². The van der Waals surface area contributed by atoms with Gasteiger partial charge in [-0.1, -0.05) is 18.2 Å². The Labute approximate surface area is 177 Å². The molecule has 1 aliphatic carbocycles. The topological polar surface area (TPSA) is 104 Å². The van der Waals surface area contributed by atoms with Crippen LogP contribution in [0.15, 0.2) is 35.3 Å². The second-order valence-corrected chi connectivity index (χ2v) is 6.35. The zero-order valence-electron chi connectivity index (χ0n) is 15.5. The molecule has 0 unspecified atom stereocenters. The number of anilines is 1. The molecule has 0 amide bonds. The van der Waals surface area contributed by atoms with Crippen LogP contribution in [0, 0.1) is 11.3 Å². The number of rotatable bonds is 7. The standard InChI is InChI=1S/C19H25N7.HI/c1-2-22-19(24-14-10-11-14)23-12-6-9-17-16(13-20)18(21)26(25-17)15-7-4-3-5-8-15;/h3-5,7-8,14H,2,6,9-12,21H2,1H3,(H2,22,23,24);1H. The number of halogens is 1. The summed E-state index contributed by atoms with van der Waals surface area (Å²) in [6.07, 6.45) is 3.90. The number of nitrogens with two attached hydrogens (primary N) is 1. The lowest BCUT2D eigenvalue weighted by Crippen LogP contribution is -2.38. The number of guanidine groups is 1. The second-order valence-electron chi connectivity index (χ2n) is 6.35. The van der Waals surface area contributed by atoms with Crippen LogP contribution in [0.4, 0.5) is 5.82 Å². The smallest absolute Gasteiger partial charge is 0.191 e. The first kappa shape index (κ1) is 21.0. The first-order valence-corrected chi connectivity index (χ1v) is 9.10. The van der Waals surface area contributed by atoms with Crippen molar-refractivity contribution in [2.45, 2.75) is 38.6 Å². The molecule has 1 fully saturated rings. The second kappa shape index (κ2) is 10.2. The summed E-state index contributed by atoms with van der Waals surface area (Å²) in [7, 11) is 0. The molecule has 1 aromatic carbocycles. The van der Waals surface area contributed by atoms with E-state index < -0.39 is 0 Å². The number of nitrogens with one attached hydrogen (secondary N) is 2. The fourth-order valence-electron chi connectivity index (χ4n) is 2.72. The Morgan fingerprint density at radius 3 is 2.74 bits per heavy atom. The molecular formula is C19H26IN7. The van der Waals surface area contributed by atoms with E-state index in [1.807, 2.05) is 30.3 Å². The first-order chi connectivity index (χ1) is 12.7. The number of hydrogen-bond acceptors (Lipinski definition) is 4. The fourth-order valence-corrected chi connectivity index (χ4v) is 2.72. The van der Waals surface area contributed by atoms with Crippen molar-refractivity contribution >= 4 is 35.8 Å². The normalized spacial score (nSPS) is 13.6. The lowest BCUT2D eigenvalue weighted by Gasteiger charge is -2.09. The number of para-hydroxylation sites is 1. The maximum absolute atomic E-state index is 9.45. The molecule has 4 N–H and O–H groups in total. The number of aryl methyl sites for hydroxylation is 1. The van der Waals surface area contributed by atoms with Gasteiger partial charge in [-0.05, 0) is 44.7 Å². The van der Waals surface area contributed by atoms with Crippen LogP contribution in [0.2, 0.25) is 0 Å². The molecule has 144 valence electrons. The summed E-state index contributed by atoms with van der Waals surface area (Å²) < 4.78 is 1.63. The third kappa shape index (κ3) is 5.60. The molecule has 0 radical (unpaired) electrons. The summed E-state index contributed by atoms with van der Waals surface area (Å²) >= 11 is 0. The molecule has 7 nitrogen and oxygen atoms in total. The van der Waals surface area contributed by atoms with Crippen molar-refractivity contribution in [1.29, 1.82) is 5.26 Å². The van der Waals surface area contributed by atoms with Crippen molar-refractivity contribution in [2.75, 3.05) is 18.8 Å². The monoisotopic (exact) mass is 479 g/mol. The van der Waals surface area contributed by atoms with Gasteiger partial charge in [0.2, 0.25) is 0 Å². The Morgan fingerprint density at radius 1 is 1.37 bits per heavy atom. The Bertz CT molecular complexity index is 803. The number of nitriles is 1. The van der Waals surface area contributed by atoms with Gasteiger partial charge in [0.1, 0.15) is 17.5 Å². The SMILES string of the molecule is CCNC(=NCCCc1nn(-c2ccccc2)c(N)c1C#N)NC1CC1.I. The molecule has 0 atom stereocenters. The van der Waals surface area contributed by atoms with Gasteiger partial charge < -0.3 is 16.4 Å². The van der Waals surface area contributed by atoms with Crippen molar-refractivity contribution < 1.29 is 0 Å². The number of aromatic nitrogens is 2. The lowest BCUT2D eigenvalue weighted by atomic mass is 10.1. The maximum Gasteiger partial charge on any atom is 0.191 e. The van der Waals surface area contributed by atoms with Gasteiger partial charge in [0.25, 0.3) is 0 Å². The Morgan fingerprint density at radius 2 is 2.11 bits per heavy atom. The quantitative estimate of drug-likeness (QED) is 0.245. The molecule has 1 aromatic heterocycles. The number of aliphatic imine (C=N–C) groups is 1. The summed E-state index contributed by atoms with van der Waals surface area (Å²) in [5, 5.41) is 20.7. The average Bonchev–Trinajstić information content (AvgIpc) is 3.41. The number of benzene rings is 1. The van der Waals surface area contributed by atoms with Gasteiger partial charge in [-0.2, -0.15) is 10.4 Å². The Kier molecular flexibility index (Phi) is 7.91. The fraction of sp³-hybridized carbons (Fsp3) is 0.421. The van der Waals surface area contributed by atoms with Gasteiger partial charge in [-0.25, -0.2) is 4.68 Å². The van der Waals surface area contributed by atoms with Gasteiger partial charge >= 0.3 is 0 Å².